The van der Waals surface area contributed by atoms with Crippen LogP contribution in [0, 0.1) is 0 Å². The van der Waals surface area contributed by atoms with Crippen LogP contribution in [0.1, 0.15) is 0 Å². The summed E-state index contributed by atoms with van der Waals surface area (Å²) in [7, 11) is -3.48. The maximum absolute atomic E-state index is 12.3. The summed E-state index contributed by atoms with van der Waals surface area (Å²) in [5, 5.41) is 10.9. The molecule has 0 saturated heterocycles. The van der Waals surface area contributed by atoms with Crippen LogP contribution in [0.25, 0.3) is 0 Å². The highest BCUT2D eigenvalue weighted by atomic mass is 32.2. The lowest BCUT2D eigenvalue weighted by Gasteiger charge is -2.26. The number of rotatable bonds is 6. The third-order valence-electron chi connectivity index (χ3n) is 4.58. The van der Waals surface area contributed by atoms with Gasteiger partial charge in [-0.3, -0.25) is 4.79 Å². The largest absolute Gasteiger partial charge is 0.452 e. The quantitative estimate of drug-likeness (QED) is 0.515. The van der Waals surface area contributed by atoms with E-state index in [1.807, 2.05) is 30.3 Å². The van der Waals surface area contributed by atoms with Crippen LogP contribution in [0.4, 0.5) is 17.1 Å². The molecule has 1 N–H and O–H groups in total. The number of fused-ring (bicyclic) bond motifs is 1. The number of azo groups is 1. The Morgan fingerprint density at radius 1 is 1.00 bits per heavy atom. The first-order valence-corrected chi connectivity index (χ1v) is 11.5. The fraction of sp³-hybridized carbons (Fsp3) is 0.136. The van der Waals surface area contributed by atoms with Crippen LogP contribution in [0.5, 0.6) is 0 Å². The molecule has 0 radical (unpaired) electrons. The fourth-order valence-electron chi connectivity index (χ4n) is 2.95. The van der Waals surface area contributed by atoms with Gasteiger partial charge in [-0.2, -0.15) is 10.2 Å². The number of esters is 1. The van der Waals surface area contributed by atoms with E-state index in [0.29, 0.717) is 11.4 Å². The number of amidine groups is 1. The van der Waals surface area contributed by atoms with Gasteiger partial charge in [0.1, 0.15) is 5.84 Å². The second-order valence-electron chi connectivity index (χ2n) is 7.05. The first-order valence-electron chi connectivity index (χ1n) is 9.91. The molecule has 2 aliphatic heterocycles. The average Bonchev–Trinajstić information content (AvgIpc) is 2.82. The normalized spacial score (nSPS) is 16.5. The van der Waals surface area contributed by atoms with Crippen LogP contribution in [0.15, 0.2) is 93.1 Å². The van der Waals surface area contributed by atoms with Crippen molar-refractivity contribution >= 4 is 44.8 Å². The minimum absolute atomic E-state index is 0.141. The number of anilines is 1. The number of amides is 1. The molecule has 168 valence electrons. The molecule has 2 aromatic carbocycles. The maximum Gasteiger partial charge on any atom is 0.340 e. The van der Waals surface area contributed by atoms with Gasteiger partial charge in [0.05, 0.1) is 22.7 Å². The number of carbonyl (C=O) groups is 2. The Kier molecular flexibility index (Phi) is 6.41. The van der Waals surface area contributed by atoms with E-state index in [0.717, 1.165) is 5.69 Å². The highest BCUT2D eigenvalue weighted by Crippen LogP contribution is 2.20. The fourth-order valence-corrected chi connectivity index (χ4v) is 3.92. The number of nitrogens with zero attached hydrogens (tertiary/aromatic N) is 4. The van der Waals surface area contributed by atoms with Gasteiger partial charge in [-0.1, -0.05) is 18.2 Å². The van der Waals surface area contributed by atoms with Crippen LogP contribution in [-0.4, -0.2) is 49.9 Å². The van der Waals surface area contributed by atoms with Crippen molar-refractivity contribution in [3.05, 3.63) is 78.5 Å². The van der Waals surface area contributed by atoms with Gasteiger partial charge in [0, 0.05) is 18.4 Å². The summed E-state index contributed by atoms with van der Waals surface area (Å²) in [5.74, 6) is -1.11. The van der Waals surface area contributed by atoms with E-state index in [2.05, 4.69) is 19.9 Å². The number of hydrogen-bond acceptors (Lipinski definition) is 8. The molecule has 33 heavy (non-hydrogen) atoms. The Balaban J connectivity index is 1.27. The van der Waals surface area contributed by atoms with Crippen LogP contribution in [0.2, 0.25) is 0 Å². The van der Waals surface area contributed by atoms with Crippen molar-refractivity contribution < 1.29 is 22.7 Å². The number of ether oxygens (including phenoxy) is 1. The number of benzene rings is 2. The second-order valence-corrected chi connectivity index (χ2v) is 8.81. The van der Waals surface area contributed by atoms with Gasteiger partial charge in [-0.15, -0.1) is 4.40 Å². The molecule has 0 saturated carbocycles. The van der Waals surface area contributed by atoms with Gasteiger partial charge in [0.25, 0.3) is 15.9 Å². The molecule has 2 heterocycles. The van der Waals surface area contributed by atoms with Crippen molar-refractivity contribution in [3.8, 4) is 0 Å². The Hall–Kier alpha value is -4.12. The maximum atomic E-state index is 12.3. The topological polar surface area (TPSA) is 130 Å². The number of nitrogens with one attached hydrogen (secondary N) is 1. The van der Waals surface area contributed by atoms with E-state index in [1.54, 1.807) is 29.2 Å². The van der Waals surface area contributed by atoms with Crippen molar-refractivity contribution in [2.45, 2.75) is 0 Å². The lowest BCUT2D eigenvalue weighted by Crippen LogP contribution is -2.37. The van der Waals surface area contributed by atoms with Gasteiger partial charge >= 0.3 is 5.97 Å². The lowest BCUT2D eigenvalue weighted by molar-refractivity contribution is -0.143. The number of hydrogen-bond donors (Lipinski definition) is 1. The zero-order chi connectivity index (χ0) is 23.3. The molecule has 11 heteroatoms. The molecule has 2 aliphatic rings. The molecule has 0 aromatic heterocycles. The molecule has 10 nitrogen and oxygen atoms in total. The molecule has 0 aliphatic carbocycles. The summed E-state index contributed by atoms with van der Waals surface area (Å²) in [6.07, 6.45) is 4.28. The van der Waals surface area contributed by atoms with Gasteiger partial charge in [0.2, 0.25) is 0 Å². The smallest absolute Gasteiger partial charge is 0.340 e. The van der Waals surface area contributed by atoms with Gasteiger partial charge in [-0.25, -0.2) is 13.2 Å². The van der Waals surface area contributed by atoms with E-state index < -0.39 is 28.5 Å². The summed E-state index contributed by atoms with van der Waals surface area (Å²) < 4.78 is 31.8. The zero-order valence-electron chi connectivity index (χ0n) is 17.3. The summed E-state index contributed by atoms with van der Waals surface area (Å²) in [6.45, 7) is -0.293. The Morgan fingerprint density at radius 3 is 2.42 bits per heavy atom. The van der Waals surface area contributed by atoms with Gasteiger partial charge < -0.3 is 15.0 Å². The molecule has 1 amide bonds. The van der Waals surface area contributed by atoms with Crippen LogP contribution in [0.3, 0.4) is 0 Å². The van der Waals surface area contributed by atoms with Gasteiger partial charge in [-0.05, 0) is 48.6 Å². The van der Waals surface area contributed by atoms with Crippen molar-refractivity contribution in [2.75, 3.05) is 24.2 Å². The van der Waals surface area contributed by atoms with Crippen LogP contribution >= 0.6 is 0 Å². The zero-order valence-corrected chi connectivity index (χ0v) is 18.1. The Morgan fingerprint density at radius 2 is 1.70 bits per heavy atom. The molecule has 2 aromatic rings. The van der Waals surface area contributed by atoms with Crippen molar-refractivity contribution in [1.29, 1.82) is 0 Å². The third-order valence-corrected chi connectivity index (χ3v) is 5.75. The predicted molar refractivity (Wildman–Crippen MR) is 122 cm³/mol. The first kappa shape index (κ1) is 22.1. The van der Waals surface area contributed by atoms with E-state index in [-0.39, 0.29) is 23.7 Å². The van der Waals surface area contributed by atoms with Crippen molar-refractivity contribution in [3.63, 3.8) is 0 Å². The summed E-state index contributed by atoms with van der Waals surface area (Å²) in [6, 6.07) is 16.0. The minimum Gasteiger partial charge on any atom is -0.452 e. The number of sulfonamides is 1. The summed E-state index contributed by atoms with van der Waals surface area (Å²) in [4.78, 5) is 25.9. The Labute approximate surface area is 190 Å². The standard InChI is InChI=1S/C22H19N5O5S/c28-21(23-17-7-9-19(10-8-17)25-24-18-4-2-1-3-5-18)15-32-22(29)16-6-11-20-26-33(30,31)13-12-27(20)14-16/h1-11,14H,12-13,15H2,(H,23,28). The van der Waals surface area contributed by atoms with E-state index >= 15 is 0 Å². The highest BCUT2D eigenvalue weighted by molar-refractivity contribution is 7.90. The molecule has 0 unspecified atom stereocenters. The first-order chi connectivity index (χ1) is 15.9. The predicted octanol–water partition coefficient (Wildman–Crippen LogP) is 3.08. The monoisotopic (exact) mass is 465 g/mol. The third kappa shape index (κ3) is 5.98. The molecule has 0 bridgehead atoms. The van der Waals surface area contributed by atoms with E-state index in [1.165, 1.54) is 18.4 Å². The van der Waals surface area contributed by atoms with Crippen molar-refractivity contribution in [1.82, 2.24) is 4.90 Å². The minimum atomic E-state index is -3.48. The molecule has 0 fully saturated rings. The molecular weight excluding hydrogens is 446 g/mol. The van der Waals surface area contributed by atoms with E-state index in [4.69, 9.17) is 4.74 Å². The molecule has 0 atom stereocenters. The van der Waals surface area contributed by atoms with Crippen LogP contribution < -0.4 is 5.32 Å². The van der Waals surface area contributed by atoms with Crippen molar-refractivity contribution in [2.24, 2.45) is 14.6 Å². The summed E-state index contributed by atoms with van der Waals surface area (Å²) >= 11 is 0. The SMILES string of the molecule is O=C(COC(=O)C1=CN2CCS(=O)(=O)N=C2C=C1)Nc1ccc(N=Nc2ccccc2)cc1. The molecule has 4 rings (SSSR count). The van der Waals surface area contributed by atoms with Crippen LogP contribution in [-0.2, 0) is 24.3 Å². The van der Waals surface area contributed by atoms with E-state index in [9.17, 15) is 18.0 Å². The lowest BCUT2D eigenvalue weighted by atomic mass is 10.2. The van der Waals surface area contributed by atoms with Gasteiger partial charge in [0.15, 0.2) is 6.61 Å². The second kappa shape index (κ2) is 9.57. The average molecular weight is 465 g/mol. The summed E-state index contributed by atoms with van der Waals surface area (Å²) in [5.41, 5.74) is 2.05. The number of carbonyl (C=O) groups excluding carboxylic acids is 2. The Bertz CT molecular complexity index is 1280. The molecule has 0 spiro atoms. The highest BCUT2D eigenvalue weighted by Gasteiger charge is 2.25. The molecular formula is C22H19N5O5S.